The van der Waals surface area contributed by atoms with Gasteiger partial charge in [0.15, 0.2) is 0 Å². The molecule has 1 aromatic rings. The van der Waals surface area contributed by atoms with Crippen LogP contribution in [0.2, 0.25) is 0 Å². The summed E-state index contributed by atoms with van der Waals surface area (Å²) in [5.74, 6) is 0.602. The first-order valence-electron chi connectivity index (χ1n) is 15.4. The van der Waals surface area contributed by atoms with Crippen LogP contribution in [0, 0.1) is 0 Å². The van der Waals surface area contributed by atoms with Crippen LogP contribution in [-0.4, -0.2) is 136 Å². The number of hydrogen-bond acceptors (Lipinski definition) is 12. The number of rotatable bonds is 29. The fourth-order valence-corrected chi connectivity index (χ4v) is 3.24. The molecule has 0 spiro atoms. The Bertz CT molecular complexity index is 852. The molecule has 0 unspecified atom stereocenters. The topological polar surface area (TPSA) is 151 Å². The van der Waals surface area contributed by atoms with Gasteiger partial charge in [-0.25, -0.2) is 4.79 Å². The van der Waals surface area contributed by atoms with Crippen LogP contribution < -0.4 is 15.4 Å². The molecule has 0 fully saturated rings. The standard InChI is InChI=1S/C31H54N2O12/c1-27(34)33-28-5-7-29(8-6-28)44-26-25-43-24-23-42-22-21-41-20-19-40-18-17-39-16-15-38-14-13-37-12-11-36-10-9-32-30(35)45-31(2,3)4/h5-8H,9-26H2,1-4H3,(H,32,35)(H,33,34). The van der Waals surface area contributed by atoms with Crippen molar-refractivity contribution in [3.8, 4) is 5.75 Å². The maximum atomic E-state index is 11.5. The molecule has 0 saturated heterocycles. The second kappa shape index (κ2) is 27.7. The molecule has 0 aliphatic rings. The van der Waals surface area contributed by atoms with Crippen molar-refractivity contribution in [1.82, 2.24) is 5.32 Å². The minimum Gasteiger partial charge on any atom is -0.491 e. The number of carbonyl (C=O) groups is 2. The number of benzene rings is 1. The van der Waals surface area contributed by atoms with Crippen molar-refractivity contribution in [2.24, 2.45) is 0 Å². The molecule has 2 amide bonds. The molecule has 45 heavy (non-hydrogen) atoms. The molecule has 260 valence electrons. The van der Waals surface area contributed by atoms with E-state index in [1.807, 2.05) is 20.8 Å². The summed E-state index contributed by atoms with van der Waals surface area (Å²) in [6, 6.07) is 7.16. The quantitative estimate of drug-likeness (QED) is 0.123. The van der Waals surface area contributed by atoms with E-state index in [1.54, 1.807) is 24.3 Å². The van der Waals surface area contributed by atoms with Crippen LogP contribution in [-0.2, 0) is 47.4 Å². The first-order valence-corrected chi connectivity index (χ1v) is 15.4. The lowest BCUT2D eigenvalue weighted by Gasteiger charge is -2.19. The van der Waals surface area contributed by atoms with E-state index < -0.39 is 11.7 Å². The Morgan fingerprint density at radius 3 is 1.27 bits per heavy atom. The molecule has 0 saturated carbocycles. The van der Waals surface area contributed by atoms with Crippen molar-refractivity contribution in [2.75, 3.05) is 124 Å². The van der Waals surface area contributed by atoms with E-state index in [9.17, 15) is 9.59 Å². The summed E-state index contributed by atoms with van der Waals surface area (Å²) in [4.78, 5) is 22.5. The monoisotopic (exact) mass is 646 g/mol. The van der Waals surface area contributed by atoms with Crippen LogP contribution in [0.1, 0.15) is 27.7 Å². The third-order valence-electron chi connectivity index (χ3n) is 5.19. The van der Waals surface area contributed by atoms with E-state index in [1.165, 1.54) is 6.92 Å². The third-order valence-corrected chi connectivity index (χ3v) is 5.19. The molecule has 0 radical (unpaired) electrons. The Balaban J connectivity index is 1.70. The number of alkyl carbamates (subject to hydrolysis) is 1. The van der Waals surface area contributed by atoms with Gasteiger partial charge in [-0.15, -0.1) is 0 Å². The number of hydrogen-bond donors (Lipinski definition) is 2. The summed E-state index contributed by atoms with van der Waals surface area (Å²) >= 11 is 0. The van der Waals surface area contributed by atoms with Crippen molar-refractivity contribution < 1.29 is 57.0 Å². The highest BCUT2D eigenvalue weighted by Crippen LogP contribution is 2.15. The summed E-state index contributed by atoms with van der Waals surface area (Å²) in [6.07, 6.45) is -0.455. The molecule has 0 atom stereocenters. The van der Waals surface area contributed by atoms with Gasteiger partial charge in [0, 0.05) is 19.2 Å². The fraction of sp³-hybridized carbons (Fsp3) is 0.742. The van der Waals surface area contributed by atoms with Gasteiger partial charge in [-0.3, -0.25) is 4.79 Å². The molecular weight excluding hydrogens is 592 g/mol. The zero-order valence-electron chi connectivity index (χ0n) is 27.4. The predicted octanol–water partition coefficient (Wildman–Crippen LogP) is 2.68. The van der Waals surface area contributed by atoms with Crippen molar-refractivity contribution >= 4 is 17.7 Å². The highest BCUT2D eigenvalue weighted by atomic mass is 16.6. The number of ether oxygens (including phenoxy) is 10. The molecular formula is C31H54N2O12. The summed E-state index contributed by atoms with van der Waals surface area (Å²) in [5.41, 5.74) is 0.215. The Morgan fingerprint density at radius 1 is 0.556 bits per heavy atom. The zero-order valence-corrected chi connectivity index (χ0v) is 27.4. The van der Waals surface area contributed by atoms with E-state index in [0.717, 1.165) is 5.69 Å². The molecule has 1 rings (SSSR count). The van der Waals surface area contributed by atoms with Crippen LogP contribution in [0.15, 0.2) is 24.3 Å². The smallest absolute Gasteiger partial charge is 0.407 e. The van der Waals surface area contributed by atoms with Crippen molar-refractivity contribution in [2.45, 2.75) is 33.3 Å². The molecule has 0 heterocycles. The van der Waals surface area contributed by atoms with Gasteiger partial charge < -0.3 is 58.0 Å². The number of nitrogens with one attached hydrogen (secondary N) is 2. The second-order valence-corrected chi connectivity index (χ2v) is 10.4. The van der Waals surface area contributed by atoms with Gasteiger partial charge in [-0.1, -0.05) is 0 Å². The van der Waals surface area contributed by atoms with E-state index >= 15 is 0 Å². The molecule has 14 heteroatoms. The molecule has 2 N–H and O–H groups in total. The number of anilines is 1. The van der Waals surface area contributed by atoms with Gasteiger partial charge in [0.25, 0.3) is 0 Å². The van der Waals surface area contributed by atoms with Crippen LogP contribution in [0.3, 0.4) is 0 Å². The maximum Gasteiger partial charge on any atom is 0.407 e. The van der Waals surface area contributed by atoms with Crippen LogP contribution >= 0.6 is 0 Å². The number of amides is 2. The highest BCUT2D eigenvalue weighted by Gasteiger charge is 2.15. The van der Waals surface area contributed by atoms with Gasteiger partial charge >= 0.3 is 6.09 Å². The van der Waals surface area contributed by atoms with Gasteiger partial charge in [0.05, 0.1) is 106 Å². The Morgan fingerprint density at radius 2 is 0.911 bits per heavy atom. The zero-order chi connectivity index (χ0) is 32.9. The maximum absolute atomic E-state index is 11.5. The minimum absolute atomic E-state index is 0.111. The number of carbonyl (C=O) groups excluding carboxylic acids is 2. The van der Waals surface area contributed by atoms with E-state index in [4.69, 9.17) is 47.4 Å². The summed E-state index contributed by atoms with van der Waals surface area (Å²) in [7, 11) is 0. The fourth-order valence-electron chi connectivity index (χ4n) is 3.24. The van der Waals surface area contributed by atoms with E-state index in [-0.39, 0.29) is 5.91 Å². The molecule has 0 bridgehead atoms. The Hall–Kier alpha value is -2.56. The van der Waals surface area contributed by atoms with Crippen LogP contribution in [0.4, 0.5) is 10.5 Å². The molecule has 1 aromatic carbocycles. The summed E-state index contributed by atoms with van der Waals surface area (Å²) < 4.78 is 54.3. The largest absolute Gasteiger partial charge is 0.491 e. The van der Waals surface area contributed by atoms with Crippen molar-refractivity contribution in [1.29, 1.82) is 0 Å². The molecule has 0 aliphatic carbocycles. The lowest BCUT2D eigenvalue weighted by Crippen LogP contribution is -2.34. The minimum atomic E-state index is -0.513. The SMILES string of the molecule is CC(=O)Nc1ccc(OCCOCCOCCOCCOCCOCCOCCOCCOCCNC(=O)OC(C)(C)C)cc1. The van der Waals surface area contributed by atoms with Gasteiger partial charge in [-0.2, -0.15) is 0 Å². The van der Waals surface area contributed by atoms with E-state index in [0.29, 0.717) is 125 Å². The average molecular weight is 647 g/mol. The van der Waals surface area contributed by atoms with E-state index in [2.05, 4.69) is 10.6 Å². The van der Waals surface area contributed by atoms with Crippen molar-refractivity contribution in [3.05, 3.63) is 24.3 Å². The predicted molar refractivity (Wildman–Crippen MR) is 167 cm³/mol. The van der Waals surface area contributed by atoms with Gasteiger partial charge in [0.1, 0.15) is 18.0 Å². The van der Waals surface area contributed by atoms with Gasteiger partial charge in [-0.05, 0) is 45.0 Å². The van der Waals surface area contributed by atoms with Crippen molar-refractivity contribution in [3.63, 3.8) is 0 Å². The third kappa shape index (κ3) is 28.6. The van der Waals surface area contributed by atoms with Crippen LogP contribution in [0.5, 0.6) is 5.75 Å². The van der Waals surface area contributed by atoms with Crippen LogP contribution in [0.25, 0.3) is 0 Å². The van der Waals surface area contributed by atoms with Gasteiger partial charge in [0.2, 0.25) is 5.91 Å². The summed E-state index contributed by atoms with van der Waals surface area (Å²) in [5, 5.41) is 5.33. The lowest BCUT2D eigenvalue weighted by atomic mass is 10.2. The molecule has 14 nitrogen and oxygen atoms in total. The normalized spacial score (nSPS) is 11.4. The highest BCUT2D eigenvalue weighted by molar-refractivity contribution is 5.88. The first kappa shape index (κ1) is 40.5. The average Bonchev–Trinajstić information content (AvgIpc) is 2.98. The Labute approximate surface area is 267 Å². The molecule has 0 aliphatic heterocycles. The molecule has 0 aromatic heterocycles. The summed E-state index contributed by atoms with van der Waals surface area (Å²) in [6.45, 7) is 15.2. The lowest BCUT2D eigenvalue weighted by molar-refractivity contribution is -0.114. The first-order chi connectivity index (χ1) is 21.8. The second-order valence-electron chi connectivity index (χ2n) is 10.4. The Kier molecular flexibility index (Phi) is 24.9.